The van der Waals surface area contributed by atoms with Crippen LogP contribution in [-0.2, 0) is 9.53 Å². The first-order chi connectivity index (χ1) is 9.79. The van der Waals surface area contributed by atoms with Gasteiger partial charge in [-0.25, -0.2) is 0 Å². The van der Waals surface area contributed by atoms with E-state index in [4.69, 9.17) is 9.47 Å². The molecule has 1 aromatic carbocycles. The van der Waals surface area contributed by atoms with Crippen molar-refractivity contribution in [3.8, 4) is 5.75 Å². The molecule has 0 aliphatic carbocycles. The van der Waals surface area contributed by atoms with Crippen molar-refractivity contribution >= 4 is 5.91 Å². The zero-order valence-corrected chi connectivity index (χ0v) is 11.6. The third-order valence-electron chi connectivity index (χ3n) is 3.90. The highest BCUT2D eigenvalue weighted by atomic mass is 16.5. The summed E-state index contributed by atoms with van der Waals surface area (Å²) in [5, 5.41) is 6.38. The predicted octanol–water partition coefficient (Wildman–Crippen LogP) is 0.861. The number of amides is 1. The summed E-state index contributed by atoms with van der Waals surface area (Å²) in [4.78, 5) is 12.4. The van der Waals surface area contributed by atoms with Crippen LogP contribution in [-0.4, -0.2) is 38.3 Å². The lowest BCUT2D eigenvalue weighted by Crippen LogP contribution is -2.45. The molecule has 1 amide bonds. The first kappa shape index (κ1) is 13.4. The standard InChI is InChI=1S/C15H20N2O3/c1-2-16-12-8-19-7-11(12)15(18)17-13-9-20-14-6-4-3-5-10(13)14/h3-6,11-13,16H,2,7-9H2,1H3,(H,17,18). The molecule has 2 aliphatic heterocycles. The smallest absolute Gasteiger partial charge is 0.227 e. The highest BCUT2D eigenvalue weighted by Crippen LogP contribution is 2.32. The molecule has 1 aromatic rings. The van der Waals surface area contributed by atoms with Gasteiger partial charge >= 0.3 is 0 Å². The van der Waals surface area contributed by atoms with Crippen LogP contribution in [0.1, 0.15) is 18.5 Å². The van der Waals surface area contributed by atoms with Gasteiger partial charge in [0.05, 0.1) is 25.2 Å². The lowest BCUT2D eigenvalue weighted by atomic mass is 10.0. The van der Waals surface area contributed by atoms with Gasteiger partial charge in [0.15, 0.2) is 0 Å². The zero-order valence-electron chi connectivity index (χ0n) is 11.6. The summed E-state index contributed by atoms with van der Waals surface area (Å²) in [6.45, 7) is 4.47. The Labute approximate surface area is 118 Å². The second-order valence-corrected chi connectivity index (χ2v) is 5.22. The molecule has 20 heavy (non-hydrogen) atoms. The van der Waals surface area contributed by atoms with E-state index in [-0.39, 0.29) is 23.9 Å². The summed E-state index contributed by atoms with van der Waals surface area (Å²) in [5.74, 6) is 0.783. The molecule has 5 nitrogen and oxygen atoms in total. The molecule has 0 saturated carbocycles. The van der Waals surface area contributed by atoms with Crippen molar-refractivity contribution in [2.45, 2.75) is 19.0 Å². The van der Waals surface area contributed by atoms with Crippen LogP contribution in [0.25, 0.3) is 0 Å². The Morgan fingerprint density at radius 2 is 2.15 bits per heavy atom. The van der Waals surface area contributed by atoms with E-state index < -0.39 is 0 Å². The van der Waals surface area contributed by atoms with Crippen LogP contribution < -0.4 is 15.4 Å². The highest BCUT2D eigenvalue weighted by molar-refractivity contribution is 5.80. The van der Waals surface area contributed by atoms with Gasteiger partial charge in [0, 0.05) is 11.6 Å². The fourth-order valence-electron chi connectivity index (χ4n) is 2.84. The minimum absolute atomic E-state index is 0.0405. The van der Waals surface area contributed by atoms with Crippen molar-refractivity contribution in [3.05, 3.63) is 29.8 Å². The molecule has 0 spiro atoms. The quantitative estimate of drug-likeness (QED) is 0.856. The number of fused-ring (bicyclic) bond motifs is 1. The number of hydrogen-bond acceptors (Lipinski definition) is 4. The van der Waals surface area contributed by atoms with Crippen LogP contribution >= 0.6 is 0 Å². The molecule has 2 N–H and O–H groups in total. The maximum Gasteiger partial charge on any atom is 0.227 e. The van der Waals surface area contributed by atoms with Gasteiger partial charge in [0.2, 0.25) is 5.91 Å². The monoisotopic (exact) mass is 276 g/mol. The van der Waals surface area contributed by atoms with Gasteiger partial charge in [-0.05, 0) is 12.6 Å². The van der Waals surface area contributed by atoms with E-state index in [1.54, 1.807) is 0 Å². The number of carbonyl (C=O) groups excluding carboxylic acids is 1. The molecule has 2 aliphatic rings. The van der Waals surface area contributed by atoms with E-state index in [1.807, 2.05) is 31.2 Å². The summed E-state index contributed by atoms with van der Waals surface area (Å²) in [6, 6.07) is 7.89. The van der Waals surface area contributed by atoms with E-state index in [9.17, 15) is 4.79 Å². The maximum absolute atomic E-state index is 12.4. The Kier molecular flexibility index (Phi) is 3.89. The summed E-state index contributed by atoms with van der Waals surface area (Å²) >= 11 is 0. The normalized spacial score (nSPS) is 27.9. The molecular weight excluding hydrogens is 256 g/mol. The molecular formula is C15H20N2O3. The predicted molar refractivity (Wildman–Crippen MR) is 74.6 cm³/mol. The van der Waals surface area contributed by atoms with Crippen molar-refractivity contribution in [2.75, 3.05) is 26.4 Å². The minimum atomic E-state index is -0.122. The average molecular weight is 276 g/mol. The number of rotatable bonds is 4. The Morgan fingerprint density at radius 1 is 1.30 bits per heavy atom. The number of carbonyl (C=O) groups is 1. The lowest BCUT2D eigenvalue weighted by Gasteiger charge is -2.20. The van der Waals surface area contributed by atoms with Crippen molar-refractivity contribution < 1.29 is 14.3 Å². The van der Waals surface area contributed by atoms with Crippen molar-refractivity contribution in [1.29, 1.82) is 0 Å². The van der Waals surface area contributed by atoms with Crippen LogP contribution in [0.5, 0.6) is 5.75 Å². The molecule has 1 saturated heterocycles. The third kappa shape index (κ3) is 2.51. The highest BCUT2D eigenvalue weighted by Gasteiger charge is 2.35. The topological polar surface area (TPSA) is 59.6 Å². The number of benzene rings is 1. The van der Waals surface area contributed by atoms with E-state index in [0.29, 0.717) is 19.8 Å². The van der Waals surface area contributed by atoms with Gasteiger partial charge in [0.25, 0.3) is 0 Å². The number of likely N-dealkylation sites (N-methyl/N-ethyl adjacent to an activating group) is 1. The minimum Gasteiger partial charge on any atom is -0.491 e. The Hall–Kier alpha value is -1.59. The fourth-order valence-corrected chi connectivity index (χ4v) is 2.84. The van der Waals surface area contributed by atoms with Gasteiger partial charge in [-0.1, -0.05) is 25.1 Å². The molecule has 1 fully saturated rings. The molecule has 2 heterocycles. The van der Waals surface area contributed by atoms with Gasteiger partial charge in [-0.15, -0.1) is 0 Å². The fraction of sp³-hybridized carbons (Fsp3) is 0.533. The molecule has 0 bridgehead atoms. The van der Waals surface area contributed by atoms with E-state index in [2.05, 4.69) is 10.6 Å². The number of ether oxygens (including phenoxy) is 2. The number of nitrogens with one attached hydrogen (secondary N) is 2. The molecule has 3 unspecified atom stereocenters. The Morgan fingerprint density at radius 3 is 3.00 bits per heavy atom. The first-order valence-electron chi connectivity index (χ1n) is 7.13. The van der Waals surface area contributed by atoms with Gasteiger partial charge in [-0.3, -0.25) is 4.79 Å². The van der Waals surface area contributed by atoms with Gasteiger partial charge in [-0.2, -0.15) is 0 Å². The van der Waals surface area contributed by atoms with E-state index in [1.165, 1.54) is 0 Å². The molecule has 5 heteroatoms. The van der Waals surface area contributed by atoms with E-state index in [0.717, 1.165) is 17.9 Å². The molecule has 3 rings (SSSR count). The molecule has 108 valence electrons. The molecule has 3 atom stereocenters. The van der Waals surface area contributed by atoms with E-state index >= 15 is 0 Å². The second-order valence-electron chi connectivity index (χ2n) is 5.22. The van der Waals surface area contributed by atoms with Crippen LogP contribution in [0.4, 0.5) is 0 Å². The largest absolute Gasteiger partial charge is 0.491 e. The van der Waals surface area contributed by atoms with Crippen LogP contribution in [0.15, 0.2) is 24.3 Å². The summed E-state index contributed by atoms with van der Waals surface area (Å²) < 4.78 is 11.0. The average Bonchev–Trinajstić information content (AvgIpc) is 3.07. The lowest BCUT2D eigenvalue weighted by molar-refractivity contribution is -0.126. The van der Waals surface area contributed by atoms with Gasteiger partial charge < -0.3 is 20.1 Å². The zero-order chi connectivity index (χ0) is 13.9. The van der Waals surface area contributed by atoms with Crippen molar-refractivity contribution in [3.63, 3.8) is 0 Å². The van der Waals surface area contributed by atoms with Crippen LogP contribution in [0, 0.1) is 5.92 Å². The number of hydrogen-bond donors (Lipinski definition) is 2. The maximum atomic E-state index is 12.4. The van der Waals surface area contributed by atoms with Crippen molar-refractivity contribution in [1.82, 2.24) is 10.6 Å². The van der Waals surface area contributed by atoms with Crippen LogP contribution in [0.3, 0.4) is 0 Å². The summed E-state index contributed by atoms with van der Waals surface area (Å²) in [5.41, 5.74) is 1.06. The Balaban J connectivity index is 1.65. The first-order valence-corrected chi connectivity index (χ1v) is 7.13. The third-order valence-corrected chi connectivity index (χ3v) is 3.90. The van der Waals surface area contributed by atoms with Gasteiger partial charge in [0.1, 0.15) is 12.4 Å². The van der Waals surface area contributed by atoms with Crippen molar-refractivity contribution in [2.24, 2.45) is 5.92 Å². The second kappa shape index (κ2) is 5.81. The SMILES string of the molecule is CCNC1COCC1C(=O)NC1COc2ccccc21. The molecule has 0 radical (unpaired) electrons. The van der Waals surface area contributed by atoms with Crippen LogP contribution in [0.2, 0.25) is 0 Å². The Bertz CT molecular complexity index is 492. The summed E-state index contributed by atoms with van der Waals surface area (Å²) in [6.07, 6.45) is 0. The number of para-hydroxylation sites is 1. The summed E-state index contributed by atoms with van der Waals surface area (Å²) in [7, 11) is 0. The molecule has 0 aromatic heterocycles.